The smallest absolute Gasteiger partial charge is 0.254 e. The third-order valence-electron chi connectivity index (χ3n) is 4.37. The van der Waals surface area contributed by atoms with Gasteiger partial charge in [-0.2, -0.15) is 11.3 Å². The molecule has 126 valence electrons. The van der Waals surface area contributed by atoms with Crippen molar-refractivity contribution in [3.05, 3.63) is 46.7 Å². The van der Waals surface area contributed by atoms with E-state index in [1.54, 1.807) is 11.3 Å². The molecule has 0 bridgehead atoms. The Morgan fingerprint density at radius 3 is 2.54 bits per heavy atom. The third kappa shape index (κ3) is 3.67. The first-order chi connectivity index (χ1) is 11.5. The summed E-state index contributed by atoms with van der Waals surface area (Å²) < 4.78 is 0. The molecule has 1 saturated heterocycles. The molecule has 4 nitrogen and oxygen atoms in total. The molecular formula is C19H22N2O2S. The summed E-state index contributed by atoms with van der Waals surface area (Å²) >= 11 is 1.66. The second-order valence-corrected chi connectivity index (χ2v) is 7.22. The molecular weight excluding hydrogens is 320 g/mol. The SMILES string of the molecule is CC(C)N(C[C@@H]1CCC(=O)N1)C(=O)c1ccc(-c2ccsc2)cc1. The zero-order valence-corrected chi connectivity index (χ0v) is 14.8. The van der Waals surface area contributed by atoms with Gasteiger partial charge in [0.15, 0.2) is 0 Å². The number of benzene rings is 1. The highest BCUT2D eigenvalue weighted by atomic mass is 32.1. The average Bonchev–Trinajstić information content (AvgIpc) is 3.23. The van der Waals surface area contributed by atoms with Crippen LogP contribution in [0.2, 0.25) is 0 Å². The Morgan fingerprint density at radius 1 is 1.25 bits per heavy atom. The van der Waals surface area contributed by atoms with Crippen molar-refractivity contribution in [3.8, 4) is 11.1 Å². The molecule has 1 aromatic carbocycles. The molecule has 5 heteroatoms. The van der Waals surface area contributed by atoms with Gasteiger partial charge in [-0.3, -0.25) is 9.59 Å². The van der Waals surface area contributed by atoms with Crippen molar-refractivity contribution in [2.24, 2.45) is 0 Å². The minimum Gasteiger partial charge on any atom is -0.352 e. The van der Waals surface area contributed by atoms with Gasteiger partial charge in [-0.25, -0.2) is 0 Å². The van der Waals surface area contributed by atoms with Crippen LogP contribution in [0.4, 0.5) is 0 Å². The highest BCUT2D eigenvalue weighted by molar-refractivity contribution is 7.08. The number of thiophene rings is 1. The maximum absolute atomic E-state index is 12.9. The van der Waals surface area contributed by atoms with E-state index in [-0.39, 0.29) is 23.9 Å². The van der Waals surface area contributed by atoms with Crippen molar-refractivity contribution in [1.29, 1.82) is 0 Å². The fraction of sp³-hybridized carbons (Fsp3) is 0.368. The fourth-order valence-corrected chi connectivity index (χ4v) is 3.64. The van der Waals surface area contributed by atoms with Crippen molar-refractivity contribution in [1.82, 2.24) is 10.2 Å². The van der Waals surface area contributed by atoms with Crippen LogP contribution >= 0.6 is 11.3 Å². The highest BCUT2D eigenvalue weighted by Crippen LogP contribution is 2.23. The van der Waals surface area contributed by atoms with E-state index < -0.39 is 0 Å². The Bertz CT molecular complexity index is 707. The van der Waals surface area contributed by atoms with Crippen LogP contribution in [-0.4, -0.2) is 35.3 Å². The monoisotopic (exact) mass is 342 g/mol. The largest absolute Gasteiger partial charge is 0.352 e. The van der Waals surface area contributed by atoms with Crippen molar-refractivity contribution >= 4 is 23.2 Å². The predicted octanol–water partition coefficient (Wildman–Crippen LogP) is 3.54. The molecule has 1 N–H and O–H groups in total. The maximum atomic E-state index is 12.9. The summed E-state index contributed by atoms with van der Waals surface area (Å²) in [6.07, 6.45) is 1.35. The summed E-state index contributed by atoms with van der Waals surface area (Å²) in [5.41, 5.74) is 2.98. The molecule has 1 aromatic heterocycles. The molecule has 1 aliphatic heterocycles. The molecule has 3 rings (SSSR count). The normalized spacial score (nSPS) is 17.1. The van der Waals surface area contributed by atoms with Crippen LogP contribution in [0.3, 0.4) is 0 Å². The molecule has 1 atom stereocenters. The number of nitrogens with one attached hydrogen (secondary N) is 1. The van der Waals surface area contributed by atoms with Gasteiger partial charge in [-0.05, 0) is 60.4 Å². The Morgan fingerprint density at radius 2 is 2.00 bits per heavy atom. The summed E-state index contributed by atoms with van der Waals surface area (Å²) in [6.45, 7) is 4.58. The number of hydrogen-bond acceptors (Lipinski definition) is 3. The van der Waals surface area contributed by atoms with Gasteiger partial charge < -0.3 is 10.2 Å². The van der Waals surface area contributed by atoms with Gasteiger partial charge in [0.2, 0.25) is 5.91 Å². The second kappa shape index (κ2) is 7.18. The zero-order chi connectivity index (χ0) is 17.1. The van der Waals surface area contributed by atoms with Crippen molar-refractivity contribution < 1.29 is 9.59 Å². The molecule has 0 spiro atoms. The zero-order valence-electron chi connectivity index (χ0n) is 14.0. The topological polar surface area (TPSA) is 49.4 Å². The van der Waals surface area contributed by atoms with E-state index in [0.29, 0.717) is 18.5 Å². The first-order valence-corrected chi connectivity index (χ1v) is 9.22. The Hall–Kier alpha value is -2.14. The lowest BCUT2D eigenvalue weighted by atomic mass is 10.1. The van der Waals surface area contributed by atoms with E-state index in [1.807, 2.05) is 48.4 Å². The Kier molecular flexibility index (Phi) is 5.00. The lowest BCUT2D eigenvalue weighted by Crippen LogP contribution is -2.45. The van der Waals surface area contributed by atoms with Gasteiger partial charge in [0.25, 0.3) is 5.91 Å². The second-order valence-electron chi connectivity index (χ2n) is 6.44. The fourth-order valence-electron chi connectivity index (χ4n) is 2.98. The highest BCUT2D eigenvalue weighted by Gasteiger charge is 2.27. The number of amides is 2. The van der Waals surface area contributed by atoms with Crippen LogP contribution < -0.4 is 5.32 Å². The van der Waals surface area contributed by atoms with Crippen LogP contribution in [-0.2, 0) is 4.79 Å². The predicted molar refractivity (Wildman–Crippen MR) is 97.1 cm³/mol. The maximum Gasteiger partial charge on any atom is 0.254 e. The van der Waals surface area contributed by atoms with Crippen molar-refractivity contribution in [2.75, 3.05) is 6.54 Å². The minimum atomic E-state index is 0.0167. The van der Waals surface area contributed by atoms with E-state index >= 15 is 0 Å². The molecule has 24 heavy (non-hydrogen) atoms. The number of rotatable bonds is 5. The molecule has 1 fully saturated rings. The van der Waals surface area contributed by atoms with Gasteiger partial charge >= 0.3 is 0 Å². The lowest BCUT2D eigenvalue weighted by molar-refractivity contribution is -0.119. The van der Waals surface area contributed by atoms with Gasteiger partial charge in [0.1, 0.15) is 0 Å². The van der Waals surface area contributed by atoms with E-state index in [1.165, 1.54) is 5.56 Å². The molecule has 1 aliphatic rings. The Labute approximate surface area is 146 Å². The standard InChI is InChI=1S/C19H22N2O2S/c1-13(2)21(11-17-7-8-18(22)20-17)19(23)15-5-3-14(4-6-15)16-9-10-24-12-16/h3-6,9-10,12-13,17H,7-8,11H2,1-2H3,(H,20,22)/t17-/m0/s1. The number of nitrogens with zero attached hydrogens (tertiary/aromatic N) is 1. The average molecular weight is 342 g/mol. The third-order valence-corrected chi connectivity index (χ3v) is 5.06. The summed E-state index contributed by atoms with van der Waals surface area (Å²) in [5.74, 6) is 0.0966. The van der Waals surface area contributed by atoms with E-state index in [9.17, 15) is 9.59 Å². The van der Waals surface area contributed by atoms with Crippen LogP contribution in [0.1, 0.15) is 37.0 Å². The van der Waals surface area contributed by atoms with Crippen LogP contribution in [0.25, 0.3) is 11.1 Å². The summed E-state index contributed by atoms with van der Waals surface area (Å²) in [7, 11) is 0. The number of hydrogen-bond donors (Lipinski definition) is 1. The first-order valence-electron chi connectivity index (χ1n) is 8.27. The molecule has 0 unspecified atom stereocenters. The summed E-state index contributed by atoms with van der Waals surface area (Å²) in [6, 6.07) is 9.98. The minimum absolute atomic E-state index is 0.0167. The number of carbonyl (C=O) groups is 2. The van der Waals surface area contributed by atoms with Crippen molar-refractivity contribution in [3.63, 3.8) is 0 Å². The van der Waals surface area contributed by atoms with E-state index in [4.69, 9.17) is 0 Å². The molecule has 2 heterocycles. The van der Waals surface area contributed by atoms with Gasteiger partial charge in [0.05, 0.1) is 0 Å². The summed E-state index contributed by atoms with van der Waals surface area (Å²) in [4.78, 5) is 26.1. The first kappa shape index (κ1) is 16.7. The number of carbonyl (C=O) groups excluding carboxylic acids is 2. The van der Waals surface area contributed by atoms with Crippen molar-refractivity contribution in [2.45, 2.75) is 38.8 Å². The quantitative estimate of drug-likeness (QED) is 0.903. The van der Waals surface area contributed by atoms with Gasteiger partial charge in [-0.15, -0.1) is 0 Å². The summed E-state index contributed by atoms with van der Waals surface area (Å²) in [5, 5.41) is 7.09. The van der Waals surface area contributed by atoms with E-state index in [0.717, 1.165) is 12.0 Å². The van der Waals surface area contributed by atoms with Gasteiger partial charge in [-0.1, -0.05) is 12.1 Å². The van der Waals surface area contributed by atoms with Crippen LogP contribution in [0, 0.1) is 0 Å². The van der Waals surface area contributed by atoms with Gasteiger partial charge in [0, 0.05) is 30.6 Å². The molecule has 0 radical (unpaired) electrons. The van der Waals surface area contributed by atoms with E-state index in [2.05, 4.69) is 16.8 Å². The molecule has 0 aliphatic carbocycles. The molecule has 0 saturated carbocycles. The van der Waals surface area contributed by atoms with Crippen LogP contribution in [0.5, 0.6) is 0 Å². The Balaban J connectivity index is 1.73. The molecule has 2 aromatic rings. The molecule has 2 amide bonds. The lowest BCUT2D eigenvalue weighted by Gasteiger charge is -2.29. The van der Waals surface area contributed by atoms with Crippen LogP contribution in [0.15, 0.2) is 41.1 Å².